The Hall–Kier alpha value is -0.860. The lowest BCUT2D eigenvalue weighted by molar-refractivity contribution is 0.0938. The maximum Gasteiger partial charge on any atom is 0.0236 e. The topological polar surface area (TPSA) is 15.3 Å². The van der Waals surface area contributed by atoms with Gasteiger partial charge in [-0.2, -0.15) is 0 Å². The van der Waals surface area contributed by atoms with Gasteiger partial charge in [-0.1, -0.05) is 84.1 Å². The van der Waals surface area contributed by atoms with E-state index in [1.807, 2.05) is 0 Å². The molecule has 160 valence electrons. The van der Waals surface area contributed by atoms with Gasteiger partial charge in [0.2, 0.25) is 0 Å². The second kappa shape index (κ2) is 12.6. The fraction of sp³-hybridized carbons (Fsp3) is 0.769. The van der Waals surface area contributed by atoms with Crippen molar-refractivity contribution in [2.24, 2.45) is 11.3 Å². The van der Waals surface area contributed by atoms with Crippen molar-refractivity contribution in [1.82, 2.24) is 10.2 Å². The number of hydrogen-bond donors (Lipinski definition) is 1. The van der Waals surface area contributed by atoms with Crippen LogP contribution in [-0.2, 0) is 0 Å². The zero-order valence-electron chi connectivity index (χ0n) is 19.2. The highest BCUT2D eigenvalue weighted by molar-refractivity contribution is 5.44. The van der Waals surface area contributed by atoms with E-state index in [4.69, 9.17) is 0 Å². The van der Waals surface area contributed by atoms with Gasteiger partial charge in [0, 0.05) is 18.5 Å². The third kappa shape index (κ3) is 6.07. The summed E-state index contributed by atoms with van der Waals surface area (Å²) < 4.78 is 0. The van der Waals surface area contributed by atoms with Crippen LogP contribution in [0.15, 0.2) is 35.5 Å². The average molecular weight is 387 g/mol. The maximum absolute atomic E-state index is 3.80. The molecule has 1 heterocycles. The van der Waals surface area contributed by atoms with Gasteiger partial charge >= 0.3 is 0 Å². The van der Waals surface area contributed by atoms with Crippen molar-refractivity contribution in [1.29, 1.82) is 0 Å². The van der Waals surface area contributed by atoms with Crippen molar-refractivity contribution in [3.63, 3.8) is 0 Å². The molecule has 2 rings (SSSR count). The second-order valence-corrected chi connectivity index (χ2v) is 8.94. The number of nitrogens with one attached hydrogen (secondary N) is 1. The first-order chi connectivity index (χ1) is 13.7. The standard InChI is InChI=1S/C26H46N2/c1-5-9-10-14-18-26(24(15-6-2)20-27-19-7-3)22-28(8-4)21-23-16-12-11-13-17-25(23)26/h12-13,16-17,24,27H,5-11,14-15,18-22H2,1-4H3. The molecule has 2 nitrogen and oxygen atoms in total. The summed E-state index contributed by atoms with van der Waals surface area (Å²) in [6, 6.07) is 0. The molecule has 0 radical (unpaired) electrons. The number of rotatable bonds is 13. The van der Waals surface area contributed by atoms with Gasteiger partial charge < -0.3 is 5.32 Å². The summed E-state index contributed by atoms with van der Waals surface area (Å²) in [5.74, 6) is 0.723. The minimum atomic E-state index is 0.305. The second-order valence-electron chi connectivity index (χ2n) is 8.94. The summed E-state index contributed by atoms with van der Waals surface area (Å²) >= 11 is 0. The van der Waals surface area contributed by atoms with Crippen molar-refractivity contribution in [2.45, 2.75) is 85.5 Å². The van der Waals surface area contributed by atoms with E-state index in [0.717, 1.165) is 32.0 Å². The molecule has 0 aromatic heterocycles. The molecule has 28 heavy (non-hydrogen) atoms. The molecule has 1 aliphatic heterocycles. The van der Waals surface area contributed by atoms with Crippen LogP contribution in [0, 0.1) is 11.3 Å². The largest absolute Gasteiger partial charge is 0.316 e. The Bertz CT molecular complexity index is 531. The molecule has 2 aliphatic rings. The van der Waals surface area contributed by atoms with Crippen molar-refractivity contribution in [2.75, 3.05) is 32.7 Å². The summed E-state index contributed by atoms with van der Waals surface area (Å²) in [4.78, 5) is 2.71. The van der Waals surface area contributed by atoms with Gasteiger partial charge in [0.25, 0.3) is 0 Å². The van der Waals surface area contributed by atoms with E-state index in [9.17, 15) is 0 Å². The minimum absolute atomic E-state index is 0.305. The first kappa shape index (κ1) is 23.4. The minimum Gasteiger partial charge on any atom is -0.316 e. The van der Waals surface area contributed by atoms with Crippen LogP contribution in [0.25, 0.3) is 0 Å². The van der Waals surface area contributed by atoms with Gasteiger partial charge in [-0.3, -0.25) is 4.90 Å². The average Bonchev–Trinajstić information content (AvgIpc) is 2.96. The molecule has 2 atom stereocenters. The van der Waals surface area contributed by atoms with Crippen LogP contribution in [0.2, 0.25) is 0 Å². The third-order valence-electron chi connectivity index (χ3n) is 6.82. The zero-order chi connectivity index (χ0) is 20.2. The van der Waals surface area contributed by atoms with Crippen LogP contribution in [0.1, 0.15) is 85.5 Å². The first-order valence-corrected chi connectivity index (χ1v) is 12.2. The normalized spacial score (nSPS) is 23.7. The molecule has 0 saturated carbocycles. The summed E-state index contributed by atoms with van der Waals surface area (Å²) in [5.41, 5.74) is 3.58. The SMILES string of the molecule is CCCCCCC1(C(CCC)CNCCC)CN(CC)CC2=C1C=CCC=C2. The summed E-state index contributed by atoms with van der Waals surface area (Å²) in [6.45, 7) is 15.2. The van der Waals surface area contributed by atoms with E-state index in [-0.39, 0.29) is 0 Å². The Labute approximate surface area is 175 Å². The Balaban J connectivity index is 2.41. The zero-order valence-corrected chi connectivity index (χ0v) is 19.2. The van der Waals surface area contributed by atoms with E-state index in [1.165, 1.54) is 64.5 Å². The third-order valence-corrected chi connectivity index (χ3v) is 6.82. The molecule has 0 bridgehead atoms. The van der Waals surface area contributed by atoms with Crippen LogP contribution in [0.5, 0.6) is 0 Å². The highest BCUT2D eigenvalue weighted by atomic mass is 15.1. The predicted octanol–water partition coefficient (Wildman–Crippen LogP) is 6.51. The van der Waals surface area contributed by atoms with E-state index in [0.29, 0.717) is 5.41 Å². The summed E-state index contributed by atoms with van der Waals surface area (Å²) in [6.07, 6.45) is 21.4. The highest BCUT2D eigenvalue weighted by Crippen LogP contribution is 2.48. The van der Waals surface area contributed by atoms with Gasteiger partial charge in [-0.05, 0) is 62.4 Å². The molecule has 1 aliphatic carbocycles. The van der Waals surface area contributed by atoms with E-state index < -0.39 is 0 Å². The molecular formula is C26H46N2. The van der Waals surface area contributed by atoms with Crippen LogP contribution >= 0.6 is 0 Å². The van der Waals surface area contributed by atoms with Crippen LogP contribution in [-0.4, -0.2) is 37.6 Å². The smallest absolute Gasteiger partial charge is 0.0236 e. The fourth-order valence-electron chi connectivity index (χ4n) is 5.31. The Morgan fingerprint density at radius 3 is 2.54 bits per heavy atom. The quantitative estimate of drug-likeness (QED) is 0.363. The van der Waals surface area contributed by atoms with E-state index >= 15 is 0 Å². The Kier molecular flexibility index (Phi) is 10.6. The highest BCUT2D eigenvalue weighted by Gasteiger charge is 2.44. The lowest BCUT2D eigenvalue weighted by atomic mass is 9.62. The molecular weight excluding hydrogens is 340 g/mol. The molecule has 0 fully saturated rings. The number of allylic oxidation sites excluding steroid dienone is 3. The van der Waals surface area contributed by atoms with Gasteiger partial charge in [-0.15, -0.1) is 0 Å². The number of unbranched alkanes of at least 4 members (excludes halogenated alkanes) is 3. The van der Waals surface area contributed by atoms with Crippen molar-refractivity contribution < 1.29 is 0 Å². The predicted molar refractivity (Wildman–Crippen MR) is 125 cm³/mol. The van der Waals surface area contributed by atoms with Gasteiger partial charge in [-0.25, -0.2) is 0 Å². The van der Waals surface area contributed by atoms with Crippen molar-refractivity contribution in [3.05, 3.63) is 35.5 Å². The molecule has 0 aromatic carbocycles. The fourth-order valence-corrected chi connectivity index (χ4v) is 5.31. The number of hydrogen-bond acceptors (Lipinski definition) is 2. The van der Waals surface area contributed by atoms with Crippen molar-refractivity contribution in [3.8, 4) is 0 Å². The molecule has 0 amide bonds. The maximum atomic E-state index is 3.80. The lowest BCUT2D eigenvalue weighted by Gasteiger charge is -2.49. The van der Waals surface area contributed by atoms with E-state index in [1.54, 1.807) is 11.1 Å². The van der Waals surface area contributed by atoms with Gasteiger partial charge in [0.1, 0.15) is 0 Å². The Morgan fingerprint density at radius 2 is 1.82 bits per heavy atom. The van der Waals surface area contributed by atoms with Crippen LogP contribution < -0.4 is 5.32 Å². The monoisotopic (exact) mass is 386 g/mol. The molecule has 2 unspecified atom stereocenters. The molecule has 0 saturated heterocycles. The first-order valence-electron chi connectivity index (χ1n) is 12.2. The van der Waals surface area contributed by atoms with Crippen LogP contribution in [0.3, 0.4) is 0 Å². The van der Waals surface area contributed by atoms with Crippen LogP contribution in [0.4, 0.5) is 0 Å². The molecule has 0 aromatic rings. The molecule has 0 spiro atoms. The molecule has 2 heteroatoms. The van der Waals surface area contributed by atoms with Gasteiger partial charge in [0.05, 0.1) is 0 Å². The Morgan fingerprint density at radius 1 is 1.00 bits per heavy atom. The summed E-state index contributed by atoms with van der Waals surface area (Å²) in [5, 5.41) is 3.80. The number of likely N-dealkylation sites (N-methyl/N-ethyl adjacent to an activating group) is 1. The van der Waals surface area contributed by atoms with Crippen molar-refractivity contribution >= 4 is 0 Å². The van der Waals surface area contributed by atoms with Gasteiger partial charge in [0.15, 0.2) is 0 Å². The van der Waals surface area contributed by atoms with E-state index in [2.05, 4.69) is 62.2 Å². The lowest BCUT2D eigenvalue weighted by Crippen LogP contribution is -2.51. The summed E-state index contributed by atoms with van der Waals surface area (Å²) in [7, 11) is 0. The number of nitrogens with zero attached hydrogens (tertiary/aromatic N) is 1. The molecule has 1 N–H and O–H groups in total.